The molecule has 1 N–H and O–H groups in total. The number of aromatic nitrogens is 4. The molecular weight excluding hydrogens is 320 g/mol. The molecule has 1 aliphatic rings. The number of rotatable bonds is 4. The van der Waals surface area contributed by atoms with Crippen LogP contribution in [0.5, 0.6) is 0 Å². The molecule has 1 saturated heterocycles. The highest BCUT2D eigenvalue weighted by Gasteiger charge is 2.27. The summed E-state index contributed by atoms with van der Waals surface area (Å²) in [6.07, 6.45) is 7.66. The summed E-state index contributed by atoms with van der Waals surface area (Å²) in [6, 6.07) is 6.22. The Morgan fingerprint density at radius 2 is 2.21 bits per heavy atom. The molecular formula is C17H20N6S. The summed E-state index contributed by atoms with van der Waals surface area (Å²) in [5.41, 5.74) is 0.940. The van der Waals surface area contributed by atoms with Gasteiger partial charge in [0.25, 0.3) is 0 Å². The minimum Gasteiger partial charge on any atom is -0.337 e. The van der Waals surface area contributed by atoms with Crippen molar-refractivity contribution < 1.29 is 0 Å². The Balaban J connectivity index is 1.53. The number of nitrogens with zero attached hydrogens (tertiary/aromatic N) is 5. The Morgan fingerprint density at radius 1 is 1.25 bits per heavy atom. The standard InChI is InChI=1S/C17H20N6S/c1-22-8-7-20-16(22)15-11-18-6-9-23(15)12-13-10-21-17(24-13)14-4-2-3-5-19-14/h2-5,7-8,10,15,18H,6,9,11-12H2,1H3. The van der Waals surface area contributed by atoms with E-state index in [0.29, 0.717) is 6.04 Å². The van der Waals surface area contributed by atoms with E-state index in [0.717, 1.165) is 42.7 Å². The lowest BCUT2D eigenvalue weighted by molar-refractivity contribution is 0.146. The maximum absolute atomic E-state index is 4.55. The van der Waals surface area contributed by atoms with E-state index in [-0.39, 0.29) is 0 Å². The fraction of sp³-hybridized carbons (Fsp3) is 0.353. The lowest BCUT2D eigenvalue weighted by atomic mass is 10.1. The van der Waals surface area contributed by atoms with Crippen LogP contribution in [0.25, 0.3) is 10.7 Å². The van der Waals surface area contributed by atoms with Crippen molar-refractivity contribution in [2.24, 2.45) is 7.05 Å². The van der Waals surface area contributed by atoms with Crippen LogP contribution in [0.3, 0.4) is 0 Å². The van der Waals surface area contributed by atoms with Crippen molar-refractivity contribution >= 4 is 11.3 Å². The molecule has 6 nitrogen and oxygen atoms in total. The zero-order valence-electron chi connectivity index (χ0n) is 13.6. The minimum atomic E-state index is 0.291. The average Bonchev–Trinajstić information content (AvgIpc) is 3.25. The van der Waals surface area contributed by atoms with Crippen molar-refractivity contribution in [2.75, 3.05) is 19.6 Å². The van der Waals surface area contributed by atoms with Crippen LogP contribution in [0.15, 0.2) is 43.0 Å². The summed E-state index contributed by atoms with van der Waals surface area (Å²) >= 11 is 1.72. The number of hydrogen-bond acceptors (Lipinski definition) is 6. The van der Waals surface area contributed by atoms with Crippen LogP contribution >= 0.6 is 11.3 Å². The third kappa shape index (κ3) is 3.10. The van der Waals surface area contributed by atoms with Crippen LogP contribution in [0.2, 0.25) is 0 Å². The first-order valence-corrected chi connectivity index (χ1v) is 8.91. The summed E-state index contributed by atoms with van der Waals surface area (Å²) < 4.78 is 2.11. The smallest absolute Gasteiger partial charge is 0.142 e. The highest BCUT2D eigenvalue weighted by Crippen LogP contribution is 2.27. The van der Waals surface area contributed by atoms with Gasteiger partial charge in [-0.1, -0.05) is 6.07 Å². The zero-order chi connectivity index (χ0) is 16.4. The molecule has 0 bridgehead atoms. The molecule has 4 heterocycles. The van der Waals surface area contributed by atoms with E-state index in [1.165, 1.54) is 4.88 Å². The van der Waals surface area contributed by atoms with Gasteiger partial charge in [-0.2, -0.15) is 0 Å². The first-order valence-electron chi connectivity index (χ1n) is 8.09. The second-order valence-electron chi connectivity index (χ2n) is 5.93. The third-order valence-electron chi connectivity index (χ3n) is 4.31. The van der Waals surface area contributed by atoms with Crippen LogP contribution in [0.4, 0.5) is 0 Å². The molecule has 24 heavy (non-hydrogen) atoms. The van der Waals surface area contributed by atoms with Crippen molar-refractivity contribution in [2.45, 2.75) is 12.6 Å². The van der Waals surface area contributed by atoms with E-state index in [2.05, 4.69) is 36.8 Å². The normalized spacial score (nSPS) is 18.8. The molecule has 3 aromatic rings. The van der Waals surface area contributed by atoms with Gasteiger partial charge in [0.2, 0.25) is 0 Å². The number of imidazole rings is 1. The first kappa shape index (κ1) is 15.4. The summed E-state index contributed by atoms with van der Waals surface area (Å²) in [5.74, 6) is 1.11. The van der Waals surface area contributed by atoms with Gasteiger partial charge in [0.05, 0.1) is 11.7 Å². The van der Waals surface area contributed by atoms with E-state index in [1.54, 1.807) is 11.3 Å². The van der Waals surface area contributed by atoms with E-state index in [9.17, 15) is 0 Å². The number of aryl methyl sites for hydroxylation is 1. The van der Waals surface area contributed by atoms with Gasteiger partial charge in [-0.05, 0) is 12.1 Å². The molecule has 3 aromatic heterocycles. The molecule has 1 fully saturated rings. The van der Waals surface area contributed by atoms with Gasteiger partial charge in [-0.25, -0.2) is 9.97 Å². The minimum absolute atomic E-state index is 0.291. The molecule has 1 atom stereocenters. The largest absolute Gasteiger partial charge is 0.337 e. The summed E-state index contributed by atoms with van der Waals surface area (Å²) in [6.45, 7) is 3.83. The molecule has 0 saturated carbocycles. The van der Waals surface area contributed by atoms with Crippen LogP contribution in [-0.4, -0.2) is 44.1 Å². The summed E-state index contributed by atoms with van der Waals surface area (Å²) in [5, 5.41) is 4.46. The summed E-state index contributed by atoms with van der Waals surface area (Å²) in [4.78, 5) is 17.2. The predicted molar refractivity (Wildman–Crippen MR) is 94.6 cm³/mol. The maximum Gasteiger partial charge on any atom is 0.142 e. The van der Waals surface area contributed by atoms with Gasteiger partial charge in [0.1, 0.15) is 10.8 Å². The molecule has 1 unspecified atom stereocenters. The quantitative estimate of drug-likeness (QED) is 0.788. The van der Waals surface area contributed by atoms with Gasteiger partial charge >= 0.3 is 0 Å². The Hall–Kier alpha value is -2.09. The lowest BCUT2D eigenvalue weighted by Crippen LogP contribution is -2.46. The van der Waals surface area contributed by atoms with Gasteiger partial charge < -0.3 is 9.88 Å². The number of piperazine rings is 1. The van der Waals surface area contributed by atoms with Crippen LogP contribution in [-0.2, 0) is 13.6 Å². The van der Waals surface area contributed by atoms with Gasteiger partial charge in [-0.3, -0.25) is 9.88 Å². The predicted octanol–water partition coefficient (Wildman–Crippen LogP) is 2.09. The highest BCUT2D eigenvalue weighted by atomic mass is 32.1. The van der Waals surface area contributed by atoms with E-state index in [4.69, 9.17) is 0 Å². The molecule has 124 valence electrons. The van der Waals surface area contributed by atoms with Gasteiger partial charge in [0, 0.05) is 62.9 Å². The molecule has 4 rings (SSSR count). The first-order chi connectivity index (χ1) is 11.8. The maximum atomic E-state index is 4.55. The molecule has 0 aliphatic carbocycles. The fourth-order valence-corrected chi connectivity index (χ4v) is 3.99. The Kier molecular flexibility index (Phi) is 4.38. The number of nitrogens with one attached hydrogen (secondary N) is 1. The molecule has 1 aliphatic heterocycles. The molecule has 0 amide bonds. The van der Waals surface area contributed by atoms with Crippen LogP contribution in [0, 0.1) is 0 Å². The molecule has 0 aromatic carbocycles. The molecule has 7 heteroatoms. The van der Waals surface area contributed by atoms with E-state index < -0.39 is 0 Å². The number of pyridine rings is 1. The number of hydrogen-bond donors (Lipinski definition) is 1. The summed E-state index contributed by atoms with van der Waals surface area (Å²) in [7, 11) is 2.06. The van der Waals surface area contributed by atoms with Crippen molar-refractivity contribution in [1.82, 2.24) is 29.7 Å². The Bertz CT molecular complexity index is 796. The van der Waals surface area contributed by atoms with Crippen molar-refractivity contribution in [1.29, 1.82) is 0 Å². The van der Waals surface area contributed by atoms with Crippen molar-refractivity contribution in [3.63, 3.8) is 0 Å². The van der Waals surface area contributed by atoms with Crippen molar-refractivity contribution in [3.8, 4) is 10.7 Å². The third-order valence-corrected chi connectivity index (χ3v) is 5.31. The van der Waals surface area contributed by atoms with Crippen LogP contribution < -0.4 is 5.32 Å². The van der Waals surface area contributed by atoms with E-state index in [1.807, 2.05) is 43.0 Å². The monoisotopic (exact) mass is 340 g/mol. The fourth-order valence-electron chi connectivity index (χ4n) is 3.08. The molecule has 0 spiro atoms. The average molecular weight is 340 g/mol. The van der Waals surface area contributed by atoms with Gasteiger partial charge in [0.15, 0.2) is 0 Å². The second-order valence-corrected chi connectivity index (χ2v) is 7.05. The molecule has 0 radical (unpaired) electrons. The van der Waals surface area contributed by atoms with E-state index >= 15 is 0 Å². The topological polar surface area (TPSA) is 58.9 Å². The van der Waals surface area contributed by atoms with Crippen molar-refractivity contribution in [3.05, 3.63) is 53.7 Å². The SMILES string of the molecule is Cn1ccnc1C1CNCCN1Cc1cnc(-c2ccccn2)s1. The highest BCUT2D eigenvalue weighted by molar-refractivity contribution is 7.14. The second kappa shape index (κ2) is 6.80. The Labute approximate surface area is 145 Å². The zero-order valence-corrected chi connectivity index (χ0v) is 14.4. The lowest BCUT2D eigenvalue weighted by Gasteiger charge is -2.35. The van der Waals surface area contributed by atoms with Gasteiger partial charge in [-0.15, -0.1) is 11.3 Å². The Morgan fingerprint density at radius 3 is 3.00 bits per heavy atom. The number of thiazole rings is 1. The van der Waals surface area contributed by atoms with Crippen LogP contribution in [0.1, 0.15) is 16.7 Å².